The van der Waals surface area contributed by atoms with E-state index in [0.717, 1.165) is 18.9 Å². The molecule has 2 atom stereocenters. The minimum absolute atomic E-state index is 0.366. The van der Waals surface area contributed by atoms with Gasteiger partial charge in [-0.15, -0.1) is 0 Å². The highest BCUT2D eigenvalue weighted by Gasteiger charge is 2.27. The van der Waals surface area contributed by atoms with Crippen molar-refractivity contribution >= 4 is 0 Å². The minimum Gasteiger partial charge on any atom is -0.384 e. The summed E-state index contributed by atoms with van der Waals surface area (Å²) >= 11 is 0. The van der Waals surface area contributed by atoms with E-state index in [4.69, 9.17) is 9.47 Å². The van der Waals surface area contributed by atoms with Crippen LogP contribution in [0.5, 0.6) is 0 Å². The fourth-order valence-electron chi connectivity index (χ4n) is 2.55. The normalized spacial score (nSPS) is 15.4. The summed E-state index contributed by atoms with van der Waals surface area (Å²) in [6.45, 7) is 7.59. The number of methoxy groups -OCH3 is 2. The van der Waals surface area contributed by atoms with Crippen molar-refractivity contribution in [2.24, 2.45) is 11.8 Å². The van der Waals surface area contributed by atoms with Gasteiger partial charge >= 0.3 is 0 Å². The summed E-state index contributed by atoms with van der Waals surface area (Å²) in [7, 11) is 3.63. The van der Waals surface area contributed by atoms with Crippen molar-refractivity contribution in [1.29, 1.82) is 0 Å². The molecule has 0 radical (unpaired) electrons. The van der Waals surface area contributed by atoms with Gasteiger partial charge in [0.05, 0.1) is 12.7 Å². The van der Waals surface area contributed by atoms with Crippen LogP contribution in [0.15, 0.2) is 0 Å². The largest absolute Gasteiger partial charge is 0.384 e. The third-order valence-corrected chi connectivity index (χ3v) is 3.64. The molecule has 0 aliphatic heterocycles. The van der Waals surface area contributed by atoms with Gasteiger partial charge in [-0.05, 0) is 12.3 Å². The molecule has 16 heavy (non-hydrogen) atoms. The first kappa shape index (κ1) is 15.9. The maximum absolute atomic E-state index is 5.67. The number of hydrogen-bond donors (Lipinski definition) is 0. The lowest BCUT2D eigenvalue weighted by molar-refractivity contribution is -0.0188. The van der Waals surface area contributed by atoms with Gasteiger partial charge in [0.15, 0.2) is 0 Å². The van der Waals surface area contributed by atoms with Gasteiger partial charge in [0, 0.05) is 20.1 Å². The monoisotopic (exact) mass is 230 g/mol. The second-order valence-corrected chi connectivity index (χ2v) is 4.61. The molecule has 0 rings (SSSR count). The molecule has 0 aliphatic rings. The Bertz CT molecular complexity index is 144. The maximum atomic E-state index is 5.67. The molecule has 0 aliphatic carbocycles. The molecule has 0 saturated heterocycles. The average Bonchev–Trinajstić information content (AvgIpc) is 2.31. The first-order chi connectivity index (χ1) is 7.74. The van der Waals surface area contributed by atoms with Gasteiger partial charge in [-0.2, -0.15) is 0 Å². The molecule has 0 amide bonds. The molecule has 2 unspecified atom stereocenters. The lowest BCUT2D eigenvalue weighted by Gasteiger charge is -2.31. The third kappa shape index (κ3) is 5.31. The zero-order chi connectivity index (χ0) is 12.4. The van der Waals surface area contributed by atoms with E-state index < -0.39 is 0 Å². The summed E-state index contributed by atoms with van der Waals surface area (Å²) in [5, 5.41) is 0. The van der Waals surface area contributed by atoms with E-state index in [1.165, 1.54) is 25.7 Å². The van der Waals surface area contributed by atoms with Crippen molar-refractivity contribution in [2.45, 2.75) is 59.0 Å². The van der Waals surface area contributed by atoms with Crippen LogP contribution in [-0.2, 0) is 9.47 Å². The predicted octanol–water partition coefficient (Wildman–Crippen LogP) is 3.89. The fourth-order valence-corrected chi connectivity index (χ4v) is 2.55. The summed E-state index contributed by atoms with van der Waals surface area (Å²) in [5.41, 5.74) is 0. The van der Waals surface area contributed by atoms with E-state index in [1.807, 2.05) is 7.11 Å². The van der Waals surface area contributed by atoms with E-state index in [0.29, 0.717) is 12.0 Å². The van der Waals surface area contributed by atoms with Crippen LogP contribution in [-0.4, -0.2) is 26.9 Å². The first-order valence-electron chi connectivity index (χ1n) is 6.76. The molecule has 0 aromatic heterocycles. The molecule has 0 spiro atoms. The molecule has 98 valence electrons. The average molecular weight is 230 g/mol. The van der Waals surface area contributed by atoms with Crippen LogP contribution < -0.4 is 0 Å². The summed E-state index contributed by atoms with van der Waals surface area (Å²) in [6.07, 6.45) is 6.45. The van der Waals surface area contributed by atoms with Crippen molar-refractivity contribution < 1.29 is 9.47 Å². The Kier molecular flexibility index (Phi) is 10.0. The van der Waals surface area contributed by atoms with Gasteiger partial charge in [0.2, 0.25) is 0 Å². The fraction of sp³-hybridized carbons (Fsp3) is 1.00. The molecular formula is C14H30O2. The van der Waals surface area contributed by atoms with Crippen LogP contribution in [0, 0.1) is 11.8 Å². The van der Waals surface area contributed by atoms with E-state index in [1.54, 1.807) is 7.11 Å². The van der Waals surface area contributed by atoms with Gasteiger partial charge in [-0.25, -0.2) is 0 Å². The Balaban J connectivity index is 4.42. The molecule has 0 aromatic carbocycles. The van der Waals surface area contributed by atoms with Crippen molar-refractivity contribution in [3.63, 3.8) is 0 Å². The molecule has 0 fully saturated rings. The standard InChI is InChI=1S/C14H30O2/c1-6-9-10-14(16-5)13(11-15-4)12(7-2)8-3/h12-14H,6-11H2,1-5H3. The zero-order valence-electron chi connectivity index (χ0n) is 11.8. The van der Waals surface area contributed by atoms with Gasteiger partial charge in [0.1, 0.15) is 0 Å². The molecule has 0 bridgehead atoms. The van der Waals surface area contributed by atoms with E-state index in [2.05, 4.69) is 20.8 Å². The van der Waals surface area contributed by atoms with Crippen LogP contribution >= 0.6 is 0 Å². The van der Waals surface area contributed by atoms with Gasteiger partial charge < -0.3 is 9.47 Å². The Labute approximate surface area is 102 Å². The highest BCUT2D eigenvalue weighted by atomic mass is 16.5. The van der Waals surface area contributed by atoms with E-state index in [9.17, 15) is 0 Å². The minimum atomic E-state index is 0.366. The molecule has 2 nitrogen and oxygen atoms in total. The Morgan fingerprint density at radius 3 is 2.00 bits per heavy atom. The molecule has 0 heterocycles. The van der Waals surface area contributed by atoms with E-state index in [-0.39, 0.29) is 0 Å². The number of rotatable bonds is 10. The summed E-state index contributed by atoms with van der Waals surface area (Å²) in [4.78, 5) is 0. The van der Waals surface area contributed by atoms with Crippen LogP contribution in [0.4, 0.5) is 0 Å². The molecule has 0 saturated carbocycles. The quantitative estimate of drug-likeness (QED) is 0.567. The number of hydrogen-bond acceptors (Lipinski definition) is 2. The molecule has 0 aromatic rings. The van der Waals surface area contributed by atoms with Gasteiger partial charge in [0.25, 0.3) is 0 Å². The lowest BCUT2D eigenvalue weighted by atomic mass is 9.82. The SMILES string of the molecule is CCCCC(OC)C(COC)C(CC)CC. The van der Waals surface area contributed by atoms with Crippen LogP contribution in [0.2, 0.25) is 0 Å². The van der Waals surface area contributed by atoms with Crippen LogP contribution in [0.25, 0.3) is 0 Å². The summed E-state index contributed by atoms with van der Waals surface area (Å²) in [6, 6.07) is 0. The second-order valence-electron chi connectivity index (χ2n) is 4.61. The van der Waals surface area contributed by atoms with Crippen molar-refractivity contribution in [3.05, 3.63) is 0 Å². The third-order valence-electron chi connectivity index (χ3n) is 3.64. The number of unbranched alkanes of at least 4 members (excludes halogenated alkanes) is 1. The molecule has 0 N–H and O–H groups in total. The highest BCUT2D eigenvalue weighted by molar-refractivity contribution is 4.76. The van der Waals surface area contributed by atoms with Crippen LogP contribution in [0.3, 0.4) is 0 Å². The Morgan fingerprint density at radius 1 is 1.00 bits per heavy atom. The highest BCUT2D eigenvalue weighted by Crippen LogP contribution is 2.27. The molecular weight excluding hydrogens is 200 g/mol. The zero-order valence-corrected chi connectivity index (χ0v) is 11.8. The van der Waals surface area contributed by atoms with Gasteiger partial charge in [-0.1, -0.05) is 46.5 Å². The van der Waals surface area contributed by atoms with Crippen molar-refractivity contribution in [1.82, 2.24) is 0 Å². The first-order valence-corrected chi connectivity index (χ1v) is 6.76. The van der Waals surface area contributed by atoms with E-state index >= 15 is 0 Å². The summed E-state index contributed by atoms with van der Waals surface area (Å²) < 4.78 is 11.0. The Hall–Kier alpha value is -0.0800. The molecule has 2 heteroatoms. The topological polar surface area (TPSA) is 18.5 Å². The summed E-state index contributed by atoms with van der Waals surface area (Å²) in [5.74, 6) is 1.28. The predicted molar refractivity (Wildman–Crippen MR) is 69.8 cm³/mol. The van der Waals surface area contributed by atoms with Crippen molar-refractivity contribution in [2.75, 3.05) is 20.8 Å². The second kappa shape index (κ2) is 10.1. The number of ether oxygens (including phenoxy) is 2. The van der Waals surface area contributed by atoms with Crippen molar-refractivity contribution in [3.8, 4) is 0 Å². The Morgan fingerprint density at radius 2 is 1.62 bits per heavy atom. The lowest BCUT2D eigenvalue weighted by Crippen LogP contribution is -2.32. The maximum Gasteiger partial charge on any atom is 0.0624 e. The van der Waals surface area contributed by atoms with Crippen LogP contribution in [0.1, 0.15) is 52.9 Å². The smallest absolute Gasteiger partial charge is 0.0624 e. The van der Waals surface area contributed by atoms with Gasteiger partial charge in [-0.3, -0.25) is 0 Å².